The number of methoxy groups -OCH3 is 1. The smallest absolute Gasteiger partial charge is 0.242 e. The lowest BCUT2D eigenvalue weighted by molar-refractivity contribution is 0.197. The van der Waals surface area contributed by atoms with Gasteiger partial charge in [-0.15, -0.1) is 0 Å². The molecule has 6 heteroatoms. The first-order valence-electron chi connectivity index (χ1n) is 7.79. The Morgan fingerprint density at radius 2 is 2.05 bits per heavy atom. The number of rotatable bonds is 10. The van der Waals surface area contributed by atoms with E-state index >= 15 is 0 Å². The molecule has 1 aliphatic carbocycles. The van der Waals surface area contributed by atoms with Crippen molar-refractivity contribution in [2.75, 3.05) is 37.9 Å². The van der Waals surface area contributed by atoms with Gasteiger partial charge in [-0.1, -0.05) is 13.3 Å². The van der Waals surface area contributed by atoms with Gasteiger partial charge in [-0.2, -0.15) is 4.98 Å². The second-order valence-corrected chi connectivity index (χ2v) is 5.40. The SMILES string of the molecule is CCCCOc1nc(C2CC2)nc(NCCCOC)c1N. The van der Waals surface area contributed by atoms with E-state index in [1.54, 1.807) is 7.11 Å². The van der Waals surface area contributed by atoms with Crippen LogP contribution in [0.15, 0.2) is 0 Å². The molecule has 0 unspecified atom stereocenters. The monoisotopic (exact) mass is 294 g/mol. The van der Waals surface area contributed by atoms with Crippen molar-refractivity contribution in [1.82, 2.24) is 9.97 Å². The van der Waals surface area contributed by atoms with Crippen LogP contribution < -0.4 is 15.8 Å². The molecule has 1 fully saturated rings. The van der Waals surface area contributed by atoms with Crippen molar-refractivity contribution in [2.45, 2.75) is 44.9 Å². The number of aromatic nitrogens is 2. The van der Waals surface area contributed by atoms with Crippen LogP contribution in [0.25, 0.3) is 0 Å². The van der Waals surface area contributed by atoms with Crippen LogP contribution >= 0.6 is 0 Å². The van der Waals surface area contributed by atoms with Crippen molar-refractivity contribution < 1.29 is 9.47 Å². The highest BCUT2D eigenvalue weighted by atomic mass is 16.5. The average molecular weight is 294 g/mol. The zero-order chi connectivity index (χ0) is 15.1. The first kappa shape index (κ1) is 15.8. The molecule has 0 aliphatic heterocycles. The Balaban J connectivity index is 2.05. The highest BCUT2D eigenvalue weighted by Crippen LogP contribution is 2.40. The topological polar surface area (TPSA) is 82.3 Å². The fourth-order valence-corrected chi connectivity index (χ4v) is 1.97. The largest absolute Gasteiger partial charge is 0.476 e. The van der Waals surface area contributed by atoms with Crippen LogP contribution in [0.1, 0.15) is 50.8 Å². The molecule has 0 atom stereocenters. The van der Waals surface area contributed by atoms with Gasteiger partial charge >= 0.3 is 0 Å². The normalized spacial score (nSPS) is 14.2. The van der Waals surface area contributed by atoms with Gasteiger partial charge in [-0.05, 0) is 25.7 Å². The molecule has 6 nitrogen and oxygen atoms in total. The van der Waals surface area contributed by atoms with Crippen LogP contribution in [0.5, 0.6) is 5.88 Å². The number of nitrogens with one attached hydrogen (secondary N) is 1. The Kier molecular flexibility index (Phi) is 6.04. The Morgan fingerprint density at radius 3 is 2.71 bits per heavy atom. The minimum Gasteiger partial charge on any atom is -0.476 e. The molecular weight excluding hydrogens is 268 g/mol. The van der Waals surface area contributed by atoms with E-state index < -0.39 is 0 Å². The lowest BCUT2D eigenvalue weighted by Gasteiger charge is -2.14. The molecule has 0 amide bonds. The Labute approximate surface area is 126 Å². The number of nitrogen functional groups attached to an aromatic ring is 1. The maximum Gasteiger partial charge on any atom is 0.242 e. The molecule has 3 N–H and O–H groups in total. The van der Waals surface area contributed by atoms with Crippen LogP contribution in [0.4, 0.5) is 11.5 Å². The summed E-state index contributed by atoms with van der Waals surface area (Å²) in [6.07, 6.45) is 5.30. The van der Waals surface area contributed by atoms with Crippen LogP contribution in [-0.2, 0) is 4.74 Å². The van der Waals surface area contributed by atoms with E-state index in [2.05, 4.69) is 22.2 Å². The molecule has 0 bridgehead atoms. The third kappa shape index (κ3) is 4.74. The third-order valence-corrected chi connectivity index (χ3v) is 3.42. The van der Waals surface area contributed by atoms with Gasteiger partial charge in [0.15, 0.2) is 5.82 Å². The van der Waals surface area contributed by atoms with Crippen molar-refractivity contribution in [3.63, 3.8) is 0 Å². The highest BCUT2D eigenvalue weighted by Gasteiger charge is 2.28. The van der Waals surface area contributed by atoms with Gasteiger partial charge in [0.05, 0.1) is 6.61 Å². The van der Waals surface area contributed by atoms with Gasteiger partial charge in [-0.3, -0.25) is 0 Å². The average Bonchev–Trinajstić information content (AvgIpc) is 3.31. The summed E-state index contributed by atoms with van der Waals surface area (Å²) < 4.78 is 10.8. The molecule has 21 heavy (non-hydrogen) atoms. The number of nitrogens with zero attached hydrogens (tertiary/aromatic N) is 2. The van der Waals surface area contributed by atoms with Gasteiger partial charge in [-0.25, -0.2) is 4.98 Å². The third-order valence-electron chi connectivity index (χ3n) is 3.42. The summed E-state index contributed by atoms with van der Waals surface area (Å²) >= 11 is 0. The van der Waals surface area contributed by atoms with E-state index in [1.165, 1.54) is 0 Å². The summed E-state index contributed by atoms with van der Waals surface area (Å²) in [5, 5.41) is 3.27. The number of anilines is 2. The molecule has 118 valence electrons. The Morgan fingerprint density at radius 1 is 1.24 bits per heavy atom. The van der Waals surface area contributed by atoms with E-state index in [4.69, 9.17) is 15.2 Å². The van der Waals surface area contributed by atoms with Crippen LogP contribution in [0.3, 0.4) is 0 Å². The lowest BCUT2D eigenvalue weighted by Crippen LogP contribution is -2.12. The summed E-state index contributed by atoms with van der Waals surface area (Å²) in [6, 6.07) is 0. The van der Waals surface area contributed by atoms with Crippen LogP contribution in [-0.4, -0.2) is 36.8 Å². The maximum atomic E-state index is 6.13. The predicted molar refractivity (Wildman–Crippen MR) is 83.8 cm³/mol. The quantitative estimate of drug-likeness (QED) is 0.645. The Bertz CT molecular complexity index is 450. The van der Waals surface area contributed by atoms with Crippen molar-refractivity contribution in [1.29, 1.82) is 0 Å². The molecule has 1 heterocycles. The van der Waals surface area contributed by atoms with Gasteiger partial charge in [0.25, 0.3) is 0 Å². The van der Waals surface area contributed by atoms with Crippen molar-refractivity contribution >= 4 is 11.5 Å². The number of ether oxygens (including phenoxy) is 2. The van der Waals surface area contributed by atoms with Crippen molar-refractivity contribution in [2.24, 2.45) is 0 Å². The molecule has 1 aromatic heterocycles. The molecule has 0 spiro atoms. The van der Waals surface area contributed by atoms with Crippen molar-refractivity contribution in [3.05, 3.63) is 5.82 Å². The van der Waals surface area contributed by atoms with Crippen LogP contribution in [0.2, 0.25) is 0 Å². The maximum absolute atomic E-state index is 6.13. The molecule has 0 radical (unpaired) electrons. The number of hydrogen-bond donors (Lipinski definition) is 2. The van der Waals surface area contributed by atoms with Crippen LogP contribution in [0, 0.1) is 0 Å². The number of unbranched alkanes of at least 4 members (excludes halogenated alkanes) is 1. The summed E-state index contributed by atoms with van der Waals surface area (Å²) in [6.45, 7) is 4.26. The van der Waals surface area contributed by atoms with E-state index in [-0.39, 0.29) is 0 Å². The second-order valence-electron chi connectivity index (χ2n) is 5.40. The summed E-state index contributed by atoms with van der Waals surface area (Å²) in [7, 11) is 1.70. The Hall–Kier alpha value is -1.56. The zero-order valence-corrected chi connectivity index (χ0v) is 13.0. The molecular formula is C15H26N4O2. The standard InChI is InChI=1S/C15H26N4O2/c1-3-4-10-21-15-12(16)14(17-8-5-9-20-2)18-13(19-15)11-6-7-11/h11H,3-10,16H2,1-2H3,(H,17,18,19). The highest BCUT2D eigenvalue weighted by molar-refractivity contribution is 5.67. The minimum atomic E-state index is 0.471. The summed E-state index contributed by atoms with van der Waals surface area (Å²) in [5.41, 5.74) is 6.63. The van der Waals surface area contributed by atoms with E-state index in [0.717, 1.165) is 44.5 Å². The van der Waals surface area contributed by atoms with Gasteiger partial charge in [0.2, 0.25) is 5.88 Å². The fourth-order valence-electron chi connectivity index (χ4n) is 1.97. The number of hydrogen-bond acceptors (Lipinski definition) is 6. The number of nitrogens with two attached hydrogens (primary N) is 1. The lowest BCUT2D eigenvalue weighted by atomic mass is 10.3. The first-order chi connectivity index (χ1) is 10.3. The van der Waals surface area contributed by atoms with E-state index in [1.807, 2.05) is 0 Å². The van der Waals surface area contributed by atoms with Crippen molar-refractivity contribution in [3.8, 4) is 5.88 Å². The summed E-state index contributed by atoms with van der Waals surface area (Å²) in [5.74, 6) is 2.53. The molecule has 1 aliphatic rings. The predicted octanol–water partition coefficient (Wildman–Crippen LogP) is 2.56. The minimum absolute atomic E-state index is 0.471. The molecule has 0 saturated heterocycles. The molecule has 1 aromatic rings. The first-order valence-corrected chi connectivity index (χ1v) is 7.79. The molecule has 2 rings (SSSR count). The van der Waals surface area contributed by atoms with Gasteiger partial charge in [0.1, 0.15) is 11.5 Å². The van der Waals surface area contributed by atoms with Gasteiger partial charge < -0.3 is 20.5 Å². The zero-order valence-electron chi connectivity index (χ0n) is 13.0. The molecule has 0 aromatic carbocycles. The fraction of sp³-hybridized carbons (Fsp3) is 0.733. The summed E-state index contributed by atoms with van der Waals surface area (Å²) in [4.78, 5) is 9.04. The van der Waals surface area contributed by atoms with E-state index in [0.29, 0.717) is 36.5 Å². The van der Waals surface area contributed by atoms with E-state index in [9.17, 15) is 0 Å². The second kappa shape index (κ2) is 8.02. The van der Waals surface area contributed by atoms with Gasteiger partial charge in [0, 0.05) is 26.2 Å². The molecule has 1 saturated carbocycles.